The van der Waals surface area contributed by atoms with Gasteiger partial charge < -0.3 is 4.90 Å². The first-order valence-electron chi connectivity index (χ1n) is 8.93. The normalized spacial score (nSPS) is 21.6. The van der Waals surface area contributed by atoms with E-state index in [-0.39, 0.29) is 11.4 Å². The second kappa shape index (κ2) is 6.71. The number of rotatable bonds is 3. The maximum Gasteiger partial charge on any atom is 0.255 e. The van der Waals surface area contributed by atoms with Crippen LogP contribution in [-0.2, 0) is 11.2 Å². The number of halogens is 2. The van der Waals surface area contributed by atoms with Crippen molar-refractivity contribution in [3.05, 3.63) is 74.8 Å². The van der Waals surface area contributed by atoms with Gasteiger partial charge in [-0.2, -0.15) is 5.26 Å². The van der Waals surface area contributed by atoms with Gasteiger partial charge in [0.2, 0.25) is 0 Å². The van der Waals surface area contributed by atoms with E-state index in [0.29, 0.717) is 21.2 Å². The van der Waals surface area contributed by atoms with Crippen LogP contribution in [0, 0.1) is 11.3 Å². The van der Waals surface area contributed by atoms with E-state index in [9.17, 15) is 4.79 Å². The lowest BCUT2D eigenvalue weighted by molar-refractivity contribution is -0.126. The Hall–Kier alpha value is -2.28. The molecular formula is C22H18Cl2N2O. The minimum Gasteiger partial charge on any atom is -0.329 e. The smallest absolute Gasteiger partial charge is 0.255 e. The van der Waals surface area contributed by atoms with E-state index in [1.807, 2.05) is 41.3 Å². The van der Waals surface area contributed by atoms with E-state index >= 15 is 0 Å². The summed E-state index contributed by atoms with van der Waals surface area (Å²) in [5.74, 6) is 0.0528. The molecule has 2 heterocycles. The third kappa shape index (κ3) is 2.94. The summed E-state index contributed by atoms with van der Waals surface area (Å²) in [6.07, 6.45) is 2.67. The Morgan fingerprint density at radius 2 is 1.81 bits per heavy atom. The first kappa shape index (κ1) is 18.1. The van der Waals surface area contributed by atoms with Crippen molar-refractivity contribution >= 4 is 34.7 Å². The average Bonchev–Trinajstić information content (AvgIpc) is 3.13. The van der Waals surface area contributed by atoms with Crippen LogP contribution in [0.25, 0.3) is 5.57 Å². The number of amides is 1. The molecule has 1 fully saturated rings. The van der Waals surface area contributed by atoms with Gasteiger partial charge in [-0.3, -0.25) is 4.79 Å². The summed E-state index contributed by atoms with van der Waals surface area (Å²) in [5.41, 5.74) is 4.03. The second-order valence-electron chi connectivity index (χ2n) is 7.24. The average molecular weight is 397 g/mol. The lowest BCUT2D eigenvalue weighted by Gasteiger charge is -2.34. The van der Waals surface area contributed by atoms with Gasteiger partial charge in [0.05, 0.1) is 17.2 Å². The van der Waals surface area contributed by atoms with Gasteiger partial charge in [-0.15, -0.1) is 0 Å². The molecule has 4 rings (SSSR count). The van der Waals surface area contributed by atoms with Gasteiger partial charge in [-0.25, -0.2) is 0 Å². The summed E-state index contributed by atoms with van der Waals surface area (Å²) < 4.78 is 0. The zero-order chi connectivity index (χ0) is 19.2. The SMILES string of the molecule is CC1=C(c2cc(Cl)cc(Cl)c2)C(=O)N2CCC[C@@]12Cc1ccc(C#N)cc1. The molecule has 1 atom stereocenters. The number of hydrogen-bond acceptors (Lipinski definition) is 2. The molecule has 136 valence electrons. The first-order valence-corrected chi connectivity index (χ1v) is 9.69. The molecule has 0 N–H and O–H groups in total. The molecule has 27 heavy (non-hydrogen) atoms. The molecule has 2 aliphatic heterocycles. The van der Waals surface area contributed by atoms with Gasteiger partial charge in [0.1, 0.15) is 0 Å². The molecule has 0 unspecified atom stereocenters. The number of fused-ring (bicyclic) bond motifs is 1. The Kier molecular flexibility index (Phi) is 4.50. The predicted octanol–water partition coefficient (Wildman–Crippen LogP) is 5.26. The number of hydrogen-bond donors (Lipinski definition) is 0. The molecule has 2 aliphatic rings. The molecule has 0 bridgehead atoms. The van der Waals surface area contributed by atoms with Crippen molar-refractivity contribution < 1.29 is 4.79 Å². The summed E-state index contributed by atoms with van der Waals surface area (Å²) in [7, 11) is 0. The monoisotopic (exact) mass is 396 g/mol. The van der Waals surface area contributed by atoms with Gasteiger partial charge in [-0.05, 0) is 73.2 Å². The van der Waals surface area contributed by atoms with E-state index < -0.39 is 0 Å². The lowest BCUT2D eigenvalue weighted by Crippen LogP contribution is -2.44. The highest BCUT2D eigenvalue weighted by molar-refractivity contribution is 6.35. The van der Waals surface area contributed by atoms with Gasteiger partial charge in [0.25, 0.3) is 5.91 Å². The highest BCUT2D eigenvalue weighted by Gasteiger charge is 2.52. The van der Waals surface area contributed by atoms with Gasteiger partial charge >= 0.3 is 0 Å². The fourth-order valence-corrected chi connectivity index (χ4v) is 5.01. The van der Waals surface area contributed by atoms with Crippen LogP contribution < -0.4 is 0 Å². The predicted molar refractivity (Wildman–Crippen MR) is 108 cm³/mol. The van der Waals surface area contributed by atoms with Gasteiger partial charge in [0.15, 0.2) is 0 Å². The highest BCUT2D eigenvalue weighted by atomic mass is 35.5. The van der Waals surface area contributed by atoms with E-state index in [2.05, 4.69) is 13.0 Å². The van der Waals surface area contributed by atoms with Crippen LogP contribution in [0.5, 0.6) is 0 Å². The van der Waals surface area contributed by atoms with Crippen molar-refractivity contribution in [1.82, 2.24) is 4.90 Å². The molecule has 2 aromatic rings. The zero-order valence-electron chi connectivity index (χ0n) is 14.9. The molecule has 2 aromatic carbocycles. The second-order valence-corrected chi connectivity index (χ2v) is 8.11. The minimum absolute atomic E-state index is 0.0528. The van der Waals surface area contributed by atoms with Crippen molar-refractivity contribution in [3.8, 4) is 6.07 Å². The fraction of sp³-hybridized carbons (Fsp3) is 0.273. The van der Waals surface area contributed by atoms with E-state index in [0.717, 1.165) is 42.5 Å². The Balaban J connectivity index is 1.79. The number of carbonyl (C=O) groups excluding carboxylic acids is 1. The van der Waals surface area contributed by atoms with Crippen molar-refractivity contribution in [1.29, 1.82) is 5.26 Å². The van der Waals surface area contributed by atoms with E-state index in [4.69, 9.17) is 28.5 Å². The van der Waals surface area contributed by atoms with Crippen molar-refractivity contribution in [2.45, 2.75) is 31.7 Å². The highest BCUT2D eigenvalue weighted by Crippen LogP contribution is 2.48. The van der Waals surface area contributed by atoms with Crippen LogP contribution in [0.3, 0.4) is 0 Å². The largest absolute Gasteiger partial charge is 0.329 e. The lowest BCUT2D eigenvalue weighted by atomic mass is 9.81. The van der Waals surface area contributed by atoms with Gasteiger partial charge in [-0.1, -0.05) is 35.3 Å². The Morgan fingerprint density at radius 3 is 2.44 bits per heavy atom. The topological polar surface area (TPSA) is 44.1 Å². The molecular weight excluding hydrogens is 379 g/mol. The number of nitrogens with zero attached hydrogens (tertiary/aromatic N) is 2. The van der Waals surface area contributed by atoms with Crippen LogP contribution in [-0.4, -0.2) is 22.9 Å². The maximum absolute atomic E-state index is 13.3. The first-order chi connectivity index (χ1) is 12.9. The van der Waals surface area contributed by atoms with Crippen LogP contribution >= 0.6 is 23.2 Å². The van der Waals surface area contributed by atoms with Crippen LogP contribution in [0.4, 0.5) is 0 Å². The molecule has 0 saturated carbocycles. The van der Waals surface area contributed by atoms with Crippen LogP contribution in [0.2, 0.25) is 10.0 Å². The third-order valence-corrected chi connectivity index (χ3v) is 6.19. The van der Waals surface area contributed by atoms with Crippen LogP contribution in [0.15, 0.2) is 48.0 Å². The molecule has 3 nitrogen and oxygen atoms in total. The molecule has 1 saturated heterocycles. The van der Waals surface area contributed by atoms with Crippen molar-refractivity contribution in [3.63, 3.8) is 0 Å². The summed E-state index contributed by atoms with van der Waals surface area (Å²) in [6, 6.07) is 15.1. The zero-order valence-corrected chi connectivity index (χ0v) is 16.4. The van der Waals surface area contributed by atoms with Crippen LogP contribution in [0.1, 0.15) is 36.5 Å². The van der Waals surface area contributed by atoms with Gasteiger partial charge in [0, 0.05) is 22.2 Å². The standard InChI is InChI=1S/C22H18Cl2N2O/c1-14-20(17-9-18(23)11-19(24)10-17)21(27)26-8-2-7-22(14,26)12-15-3-5-16(13-25)6-4-15/h3-6,9-11H,2,7-8,12H2,1H3/t22-/m1/s1. The maximum atomic E-state index is 13.3. The van der Waals surface area contributed by atoms with E-state index in [1.54, 1.807) is 6.07 Å². The van der Waals surface area contributed by atoms with E-state index in [1.165, 1.54) is 0 Å². The van der Waals surface area contributed by atoms with Crippen molar-refractivity contribution in [2.75, 3.05) is 6.54 Å². The summed E-state index contributed by atoms with van der Waals surface area (Å²) in [4.78, 5) is 15.3. The minimum atomic E-state index is -0.310. The Bertz CT molecular complexity index is 984. The summed E-state index contributed by atoms with van der Waals surface area (Å²) in [5, 5.41) is 10.1. The van der Waals surface area contributed by atoms with Crippen molar-refractivity contribution in [2.24, 2.45) is 0 Å². The summed E-state index contributed by atoms with van der Waals surface area (Å²) >= 11 is 12.4. The molecule has 0 aliphatic carbocycles. The fourth-order valence-electron chi connectivity index (χ4n) is 4.48. The number of benzene rings is 2. The number of carbonyl (C=O) groups is 1. The molecule has 5 heteroatoms. The quantitative estimate of drug-likeness (QED) is 0.710. The molecule has 0 aromatic heterocycles. The third-order valence-electron chi connectivity index (χ3n) is 5.75. The number of nitriles is 1. The molecule has 0 radical (unpaired) electrons. The summed E-state index contributed by atoms with van der Waals surface area (Å²) in [6.45, 7) is 2.81. The Labute approximate surface area is 168 Å². The Morgan fingerprint density at radius 1 is 1.15 bits per heavy atom. The molecule has 1 amide bonds. The molecule has 0 spiro atoms.